The van der Waals surface area contributed by atoms with E-state index >= 15 is 0 Å². The summed E-state index contributed by atoms with van der Waals surface area (Å²) < 4.78 is 222. The average Bonchev–Trinajstić information content (AvgIpc) is 2.56. The van der Waals surface area contributed by atoms with E-state index in [0.717, 1.165) is 0 Å². The molecule has 0 saturated heterocycles. The quantitative estimate of drug-likeness (QED) is 0.336. The maximum Gasteiger partial charge on any atom is 0.382 e. The minimum absolute atomic E-state index is 0. The Labute approximate surface area is 156 Å². The summed E-state index contributed by atoms with van der Waals surface area (Å²) in [5.74, 6) is -30.7. The fourth-order valence-corrected chi connectivity index (χ4v) is 2.12. The van der Waals surface area contributed by atoms with E-state index in [-0.39, 0.29) is 6.15 Å². The van der Waals surface area contributed by atoms with E-state index < -0.39 is 70.4 Å². The van der Waals surface area contributed by atoms with Gasteiger partial charge in [-0.05, 0) is 0 Å². The molecule has 0 aromatic heterocycles. The number of hydrogen-bond acceptors (Lipinski definition) is 3. The van der Waals surface area contributed by atoms with Gasteiger partial charge in [-0.3, -0.25) is 4.55 Å². The summed E-state index contributed by atoms with van der Waals surface area (Å²) in [7, 11) is -6.96. The first-order chi connectivity index (χ1) is 12.5. The molecule has 0 aromatic rings. The Balaban J connectivity index is 0. The van der Waals surface area contributed by atoms with Crippen molar-refractivity contribution in [3.8, 4) is 0 Å². The molecule has 4 N–H and O–H groups in total. The van der Waals surface area contributed by atoms with Gasteiger partial charge in [0.25, 0.3) is 11.9 Å². The van der Waals surface area contributed by atoms with Crippen LogP contribution < -0.4 is 6.15 Å². The first kappa shape index (κ1) is 31.0. The number of alkyl halides is 15. The third kappa shape index (κ3) is 5.00. The Morgan fingerprint density at radius 3 is 1.23 bits per heavy atom. The molecule has 0 rings (SSSR count). The Bertz CT molecular complexity index is 672. The second-order valence-corrected chi connectivity index (χ2v) is 6.74. The number of hydrogen-bond donors (Lipinski definition) is 2. The van der Waals surface area contributed by atoms with E-state index in [2.05, 4.69) is 0 Å². The molecule has 30 heavy (non-hydrogen) atoms. The van der Waals surface area contributed by atoms with Crippen molar-refractivity contribution >= 4 is 10.1 Å². The van der Waals surface area contributed by atoms with E-state index in [1.807, 2.05) is 0 Å². The molecule has 0 aliphatic rings. The van der Waals surface area contributed by atoms with E-state index in [4.69, 9.17) is 4.55 Å². The van der Waals surface area contributed by atoms with Gasteiger partial charge in [-0.2, -0.15) is 43.5 Å². The topological polar surface area (TPSA) is 89.4 Å². The summed E-state index contributed by atoms with van der Waals surface area (Å²) in [6.07, 6.45) is -24.4. The van der Waals surface area contributed by atoms with Gasteiger partial charge in [0.15, 0.2) is 18.5 Å². The molecule has 4 nitrogen and oxygen atoms in total. The second-order valence-electron chi connectivity index (χ2n) is 5.30. The van der Waals surface area contributed by atoms with Crippen molar-refractivity contribution in [3.63, 3.8) is 0 Å². The molecule has 0 saturated carbocycles. The summed E-state index contributed by atoms with van der Waals surface area (Å²) >= 11 is 0. The van der Waals surface area contributed by atoms with Crippen LogP contribution in [0.1, 0.15) is 0 Å². The highest BCUT2D eigenvalue weighted by Gasteiger charge is 2.85. The van der Waals surface area contributed by atoms with Crippen molar-refractivity contribution in [2.24, 2.45) is 0 Å². The minimum Gasteiger partial charge on any atom is -0.344 e. The van der Waals surface area contributed by atoms with Crippen LogP contribution in [0.2, 0.25) is 0 Å². The van der Waals surface area contributed by atoms with Crippen LogP contribution in [-0.4, -0.2) is 73.3 Å². The SMILES string of the molecule is N.O=S(=O)(O)C(F)C(F)(F)C(F)(F)C(F)(F)C(F)(F)C(F)C(F)C(F)C(F)C(F)F. The largest absolute Gasteiger partial charge is 0.382 e. The molecule has 184 valence electrons. The minimum atomic E-state index is -7.93. The van der Waals surface area contributed by atoms with Crippen LogP contribution in [0.4, 0.5) is 65.9 Å². The smallest absolute Gasteiger partial charge is 0.344 e. The summed E-state index contributed by atoms with van der Waals surface area (Å²) in [6.45, 7) is 0. The van der Waals surface area contributed by atoms with Gasteiger partial charge in [0.2, 0.25) is 6.17 Å². The maximum atomic E-state index is 13.3. The molecule has 0 spiro atoms. The highest BCUT2D eigenvalue weighted by Crippen LogP contribution is 2.56. The summed E-state index contributed by atoms with van der Waals surface area (Å²) in [5, 5.41) is 0. The number of rotatable bonds is 10. The lowest BCUT2D eigenvalue weighted by Crippen LogP contribution is -2.68. The summed E-state index contributed by atoms with van der Waals surface area (Å²) in [6, 6.07) is 0. The van der Waals surface area contributed by atoms with E-state index in [0.29, 0.717) is 0 Å². The maximum absolute atomic E-state index is 13.3. The van der Waals surface area contributed by atoms with Crippen molar-refractivity contribution in [2.75, 3.05) is 0 Å². The Kier molecular flexibility index (Phi) is 9.44. The van der Waals surface area contributed by atoms with Gasteiger partial charge in [0.05, 0.1) is 0 Å². The fourth-order valence-electron chi connectivity index (χ4n) is 1.60. The monoisotopic (exact) mass is 509 g/mol. The van der Waals surface area contributed by atoms with Crippen LogP contribution in [0.3, 0.4) is 0 Å². The van der Waals surface area contributed by atoms with Crippen LogP contribution in [0.15, 0.2) is 0 Å². The fraction of sp³-hybridized carbons (Fsp3) is 1.00. The van der Waals surface area contributed by atoms with Gasteiger partial charge in [0.1, 0.15) is 0 Å². The molecule has 0 aromatic carbocycles. The molecular formula is C10H10F15NO3S. The van der Waals surface area contributed by atoms with Gasteiger partial charge in [-0.25, -0.2) is 30.7 Å². The predicted octanol–water partition coefficient (Wildman–Crippen LogP) is 4.49. The van der Waals surface area contributed by atoms with Crippen molar-refractivity contribution in [3.05, 3.63) is 0 Å². The zero-order valence-corrected chi connectivity index (χ0v) is 14.3. The van der Waals surface area contributed by atoms with Crippen LogP contribution in [0.5, 0.6) is 0 Å². The molecule has 20 heteroatoms. The van der Waals surface area contributed by atoms with Gasteiger partial charge in [-0.1, -0.05) is 0 Å². The lowest BCUT2D eigenvalue weighted by Gasteiger charge is -2.38. The molecule has 0 heterocycles. The molecule has 0 fully saturated rings. The molecule has 0 amide bonds. The van der Waals surface area contributed by atoms with Crippen molar-refractivity contribution in [1.29, 1.82) is 0 Å². The Morgan fingerprint density at radius 1 is 0.600 bits per heavy atom. The molecule has 0 aliphatic carbocycles. The van der Waals surface area contributed by atoms with Gasteiger partial charge < -0.3 is 6.15 Å². The first-order valence-electron chi connectivity index (χ1n) is 6.45. The van der Waals surface area contributed by atoms with Crippen LogP contribution >= 0.6 is 0 Å². The third-order valence-corrected chi connectivity index (χ3v) is 4.07. The molecule has 5 unspecified atom stereocenters. The van der Waals surface area contributed by atoms with Crippen LogP contribution in [0.25, 0.3) is 0 Å². The Morgan fingerprint density at radius 2 is 0.933 bits per heavy atom. The second kappa shape index (κ2) is 9.13. The Hall–Kier alpha value is -1.18. The lowest BCUT2D eigenvalue weighted by atomic mass is 9.92. The highest BCUT2D eigenvalue weighted by atomic mass is 32.2. The zero-order valence-electron chi connectivity index (χ0n) is 13.5. The molecular weight excluding hydrogens is 499 g/mol. The molecule has 0 bridgehead atoms. The first-order valence-corrected chi connectivity index (χ1v) is 7.95. The lowest BCUT2D eigenvalue weighted by molar-refractivity contribution is -0.382. The van der Waals surface area contributed by atoms with Crippen molar-refractivity contribution < 1.29 is 78.8 Å². The van der Waals surface area contributed by atoms with Gasteiger partial charge in [-0.15, -0.1) is 0 Å². The van der Waals surface area contributed by atoms with E-state index in [1.54, 1.807) is 0 Å². The van der Waals surface area contributed by atoms with Gasteiger partial charge in [0, 0.05) is 0 Å². The summed E-state index contributed by atoms with van der Waals surface area (Å²) in [5.41, 5.74) is -5.69. The third-order valence-electron chi connectivity index (χ3n) is 3.25. The van der Waals surface area contributed by atoms with E-state index in [1.165, 1.54) is 0 Å². The van der Waals surface area contributed by atoms with Gasteiger partial charge >= 0.3 is 33.8 Å². The molecule has 5 atom stereocenters. The standard InChI is InChI=1S/C10H7F15O3S.H3N/c11-1(3(13)5(15)16)2(12)4(14)7(18,19)9(22,23)10(24,25)8(20,21)6(17)29(26,27)28;/h1-6H,(H,26,27,28);1H3. The van der Waals surface area contributed by atoms with E-state index in [9.17, 15) is 74.3 Å². The van der Waals surface area contributed by atoms with Crippen LogP contribution in [0, 0.1) is 0 Å². The van der Waals surface area contributed by atoms with Crippen molar-refractivity contribution in [2.45, 2.75) is 60.3 Å². The predicted molar refractivity (Wildman–Crippen MR) is 66.8 cm³/mol. The normalized spacial score (nSPS) is 19.6. The zero-order chi connectivity index (χ0) is 24.0. The van der Waals surface area contributed by atoms with Crippen LogP contribution in [-0.2, 0) is 10.1 Å². The molecule has 0 radical (unpaired) electrons. The van der Waals surface area contributed by atoms with Crippen molar-refractivity contribution in [1.82, 2.24) is 6.15 Å². The number of halogens is 15. The highest BCUT2D eigenvalue weighted by molar-refractivity contribution is 7.86. The average molecular weight is 509 g/mol. The summed E-state index contributed by atoms with van der Waals surface area (Å²) in [4.78, 5) is 0. The molecule has 0 aliphatic heterocycles.